The molecule has 128 valence electrons. The molecule has 4 N–H and O–H groups in total. The Labute approximate surface area is 149 Å². The van der Waals surface area contributed by atoms with E-state index in [4.69, 9.17) is 23.8 Å². The van der Waals surface area contributed by atoms with Crippen LogP contribution in [0.3, 0.4) is 0 Å². The van der Waals surface area contributed by atoms with Crippen LogP contribution >= 0.6 is 23.8 Å². The standard InChI is InChI=1S/C15H17ClN4O3S/c16-10-3-1-2-4-11(10)17-12(21)7-8-13(22)19-20-15(24)18-14(23)9-5-6-9/h1-4,9H,5-8H2,(H,17,21)(H,19,22)(H2,18,20,23,24). The maximum Gasteiger partial charge on any atom is 0.238 e. The van der Waals surface area contributed by atoms with Crippen LogP contribution in [-0.2, 0) is 14.4 Å². The molecule has 1 aromatic carbocycles. The number of rotatable bonds is 5. The first-order chi connectivity index (χ1) is 11.5. The van der Waals surface area contributed by atoms with E-state index >= 15 is 0 Å². The van der Waals surface area contributed by atoms with E-state index in [0.29, 0.717) is 10.7 Å². The molecule has 0 atom stereocenters. The van der Waals surface area contributed by atoms with E-state index in [1.165, 1.54) is 0 Å². The van der Waals surface area contributed by atoms with Gasteiger partial charge in [-0.05, 0) is 37.2 Å². The van der Waals surface area contributed by atoms with Crippen LogP contribution in [0.15, 0.2) is 24.3 Å². The molecule has 1 aliphatic carbocycles. The summed E-state index contributed by atoms with van der Waals surface area (Å²) in [6.07, 6.45) is 1.67. The van der Waals surface area contributed by atoms with Crippen LogP contribution in [0.1, 0.15) is 25.7 Å². The molecule has 1 aromatic rings. The molecule has 9 heteroatoms. The van der Waals surface area contributed by atoms with E-state index in [0.717, 1.165) is 12.8 Å². The predicted molar refractivity (Wildman–Crippen MR) is 94.1 cm³/mol. The summed E-state index contributed by atoms with van der Waals surface area (Å²) in [4.78, 5) is 34.9. The SMILES string of the molecule is O=C(CCC(=O)Nc1ccccc1Cl)NNC(=S)NC(=O)C1CC1. The molecule has 1 fully saturated rings. The lowest BCUT2D eigenvalue weighted by molar-refractivity contribution is -0.124. The van der Waals surface area contributed by atoms with Crippen molar-refractivity contribution in [1.29, 1.82) is 0 Å². The fraction of sp³-hybridized carbons (Fsp3) is 0.333. The smallest absolute Gasteiger partial charge is 0.238 e. The number of hydrazine groups is 1. The van der Waals surface area contributed by atoms with Crippen molar-refractivity contribution in [2.75, 3.05) is 5.32 Å². The molecule has 0 spiro atoms. The number of halogens is 1. The molecule has 0 aromatic heterocycles. The highest BCUT2D eigenvalue weighted by atomic mass is 35.5. The van der Waals surface area contributed by atoms with Crippen LogP contribution in [0.2, 0.25) is 5.02 Å². The van der Waals surface area contributed by atoms with Gasteiger partial charge in [-0.3, -0.25) is 25.2 Å². The van der Waals surface area contributed by atoms with E-state index < -0.39 is 5.91 Å². The topological polar surface area (TPSA) is 99.3 Å². The number of amides is 3. The fourth-order valence-electron chi connectivity index (χ4n) is 1.78. The molecule has 0 bridgehead atoms. The highest BCUT2D eigenvalue weighted by Gasteiger charge is 2.30. The van der Waals surface area contributed by atoms with Crippen molar-refractivity contribution in [2.45, 2.75) is 25.7 Å². The average molecular weight is 369 g/mol. The van der Waals surface area contributed by atoms with Gasteiger partial charge in [0.15, 0.2) is 5.11 Å². The number of carbonyl (C=O) groups excluding carboxylic acids is 3. The zero-order valence-corrected chi connectivity index (χ0v) is 14.3. The van der Waals surface area contributed by atoms with Gasteiger partial charge in [0.2, 0.25) is 17.7 Å². The monoisotopic (exact) mass is 368 g/mol. The summed E-state index contributed by atoms with van der Waals surface area (Å²) in [5.41, 5.74) is 5.24. The van der Waals surface area contributed by atoms with Gasteiger partial charge in [-0.15, -0.1) is 0 Å². The third kappa shape index (κ3) is 6.13. The quantitative estimate of drug-likeness (QED) is 0.466. The lowest BCUT2D eigenvalue weighted by atomic mass is 10.2. The molecule has 0 aliphatic heterocycles. The maximum atomic E-state index is 11.8. The second-order valence-corrected chi connectivity index (χ2v) is 6.11. The van der Waals surface area contributed by atoms with Crippen molar-refractivity contribution in [3.8, 4) is 0 Å². The van der Waals surface area contributed by atoms with Crippen molar-refractivity contribution in [3.63, 3.8) is 0 Å². The molecule has 3 amide bonds. The molecule has 1 aliphatic rings. The van der Waals surface area contributed by atoms with E-state index in [9.17, 15) is 14.4 Å². The number of para-hydroxylation sites is 1. The Hall–Kier alpha value is -2.19. The summed E-state index contributed by atoms with van der Waals surface area (Å²) in [5.74, 6) is -0.884. The Morgan fingerprint density at radius 1 is 1.08 bits per heavy atom. The van der Waals surface area contributed by atoms with Crippen LogP contribution < -0.4 is 21.5 Å². The Balaban J connectivity index is 1.63. The van der Waals surface area contributed by atoms with Crippen molar-refractivity contribution in [2.24, 2.45) is 5.92 Å². The van der Waals surface area contributed by atoms with Crippen molar-refractivity contribution < 1.29 is 14.4 Å². The number of nitrogens with one attached hydrogen (secondary N) is 4. The number of anilines is 1. The van der Waals surface area contributed by atoms with Crippen molar-refractivity contribution in [1.82, 2.24) is 16.2 Å². The molecular formula is C15H17ClN4O3S. The van der Waals surface area contributed by atoms with E-state index in [-0.39, 0.29) is 35.7 Å². The summed E-state index contributed by atoms with van der Waals surface area (Å²) in [6.45, 7) is 0. The molecule has 7 nitrogen and oxygen atoms in total. The second kappa shape index (κ2) is 8.60. The predicted octanol–water partition coefficient (Wildman–Crippen LogP) is 1.49. The van der Waals surface area contributed by atoms with E-state index in [1.807, 2.05) is 0 Å². The minimum atomic E-state index is -0.424. The molecule has 2 rings (SSSR count). The number of carbonyl (C=O) groups is 3. The summed E-state index contributed by atoms with van der Waals surface area (Å²) in [6, 6.07) is 6.82. The van der Waals surface area contributed by atoms with Gasteiger partial charge in [0.25, 0.3) is 0 Å². The molecule has 1 saturated carbocycles. The van der Waals surface area contributed by atoms with Crippen LogP contribution in [0.4, 0.5) is 5.69 Å². The van der Waals surface area contributed by atoms with Crippen molar-refractivity contribution >= 4 is 52.3 Å². The third-order valence-corrected chi connectivity index (χ3v) is 3.76. The van der Waals surface area contributed by atoms with Crippen LogP contribution in [0, 0.1) is 5.92 Å². The number of thiocarbonyl (C=S) groups is 1. The molecule has 0 radical (unpaired) electrons. The Bertz CT molecular complexity index is 664. The maximum absolute atomic E-state index is 11.8. The molecule has 24 heavy (non-hydrogen) atoms. The van der Waals surface area contributed by atoms with Crippen molar-refractivity contribution in [3.05, 3.63) is 29.3 Å². The number of hydrogen-bond acceptors (Lipinski definition) is 4. The van der Waals surface area contributed by atoms with Gasteiger partial charge in [0.1, 0.15) is 0 Å². The first-order valence-corrected chi connectivity index (χ1v) is 8.18. The zero-order valence-electron chi connectivity index (χ0n) is 12.7. The van der Waals surface area contributed by atoms with Crippen LogP contribution in [-0.4, -0.2) is 22.8 Å². The summed E-state index contributed by atoms with van der Waals surface area (Å²) < 4.78 is 0. The van der Waals surface area contributed by atoms with E-state index in [1.54, 1.807) is 24.3 Å². The Kier molecular flexibility index (Phi) is 6.51. The van der Waals surface area contributed by atoms with Crippen LogP contribution in [0.25, 0.3) is 0 Å². The van der Waals surface area contributed by atoms with Crippen LogP contribution in [0.5, 0.6) is 0 Å². The average Bonchev–Trinajstić information content (AvgIpc) is 3.38. The lowest BCUT2D eigenvalue weighted by Crippen LogP contribution is -2.48. The first-order valence-electron chi connectivity index (χ1n) is 7.40. The normalized spacial score (nSPS) is 12.9. The summed E-state index contributed by atoms with van der Waals surface area (Å²) in [7, 11) is 0. The lowest BCUT2D eigenvalue weighted by Gasteiger charge is -2.10. The second-order valence-electron chi connectivity index (χ2n) is 5.29. The van der Waals surface area contributed by atoms with E-state index in [2.05, 4.69) is 21.5 Å². The minimum Gasteiger partial charge on any atom is -0.325 e. The van der Waals surface area contributed by atoms with Gasteiger partial charge < -0.3 is 10.6 Å². The highest BCUT2D eigenvalue weighted by molar-refractivity contribution is 7.80. The van der Waals surface area contributed by atoms with Gasteiger partial charge in [0, 0.05) is 18.8 Å². The Morgan fingerprint density at radius 3 is 2.42 bits per heavy atom. The van der Waals surface area contributed by atoms with Gasteiger partial charge in [-0.2, -0.15) is 0 Å². The largest absolute Gasteiger partial charge is 0.325 e. The first kappa shape index (κ1) is 18.2. The van der Waals surface area contributed by atoms with Gasteiger partial charge in [-0.1, -0.05) is 23.7 Å². The van der Waals surface area contributed by atoms with Gasteiger partial charge >= 0.3 is 0 Å². The Morgan fingerprint density at radius 2 is 1.75 bits per heavy atom. The fourth-order valence-corrected chi connectivity index (χ4v) is 2.12. The minimum absolute atomic E-state index is 0.0140. The summed E-state index contributed by atoms with van der Waals surface area (Å²) in [5, 5.41) is 5.55. The number of hydrogen-bond donors (Lipinski definition) is 4. The zero-order chi connectivity index (χ0) is 17.5. The molecule has 0 heterocycles. The summed E-state index contributed by atoms with van der Waals surface area (Å²) >= 11 is 10.8. The molecule has 0 unspecified atom stereocenters. The van der Waals surface area contributed by atoms with Gasteiger partial charge in [0.05, 0.1) is 10.7 Å². The number of benzene rings is 1. The highest BCUT2D eigenvalue weighted by Crippen LogP contribution is 2.28. The van der Waals surface area contributed by atoms with Gasteiger partial charge in [-0.25, -0.2) is 0 Å². The third-order valence-electron chi connectivity index (χ3n) is 3.23. The molecule has 0 saturated heterocycles. The molecular weight excluding hydrogens is 352 g/mol.